The molecule has 1 aliphatic heterocycles. The van der Waals surface area contributed by atoms with Crippen LogP contribution < -0.4 is 5.32 Å². The molecular formula is C22H29N3O5S. The van der Waals surface area contributed by atoms with Gasteiger partial charge in [0.25, 0.3) is 0 Å². The number of carbonyl (C=O) groups is 2. The molecule has 0 unspecified atom stereocenters. The highest BCUT2D eigenvalue weighted by atomic mass is 32.2. The van der Waals surface area contributed by atoms with E-state index >= 15 is 0 Å². The molecule has 1 amide bonds. The molecule has 8 nitrogen and oxygen atoms in total. The number of amides is 1. The molecule has 0 saturated carbocycles. The average molecular weight is 448 g/mol. The summed E-state index contributed by atoms with van der Waals surface area (Å²) in [5.74, 6) is -1.36. The van der Waals surface area contributed by atoms with Crippen molar-refractivity contribution in [3.8, 4) is 0 Å². The van der Waals surface area contributed by atoms with Crippen molar-refractivity contribution in [2.75, 3.05) is 25.0 Å². The Morgan fingerprint density at radius 2 is 1.97 bits per heavy atom. The first kappa shape index (κ1) is 23.0. The Morgan fingerprint density at radius 1 is 1.23 bits per heavy atom. The van der Waals surface area contributed by atoms with Gasteiger partial charge in [-0.3, -0.25) is 4.79 Å². The average Bonchev–Trinajstić information content (AvgIpc) is 3.03. The van der Waals surface area contributed by atoms with Gasteiger partial charge in [-0.25, -0.2) is 13.2 Å². The van der Waals surface area contributed by atoms with E-state index < -0.39 is 21.9 Å². The van der Waals surface area contributed by atoms with Crippen LogP contribution in [0.2, 0.25) is 0 Å². The molecule has 168 valence electrons. The van der Waals surface area contributed by atoms with Crippen molar-refractivity contribution in [1.82, 2.24) is 9.29 Å². The van der Waals surface area contributed by atoms with Crippen molar-refractivity contribution < 1.29 is 22.7 Å². The summed E-state index contributed by atoms with van der Waals surface area (Å²) < 4.78 is 33.4. The summed E-state index contributed by atoms with van der Waals surface area (Å²) >= 11 is 0. The number of carbonyl (C=O) groups excluding carboxylic acids is 2. The molecule has 1 fully saturated rings. The number of hydrogen-bond donors (Lipinski definition) is 2. The first-order valence-corrected chi connectivity index (χ1v) is 11.8. The minimum Gasteiger partial charge on any atom is -0.462 e. The minimum absolute atomic E-state index is 0.0330. The van der Waals surface area contributed by atoms with Crippen LogP contribution >= 0.6 is 0 Å². The topological polar surface area (TPSA) is 109 Å². The Balaban J connectivity index is 1.84. The number of aromatic nitrogens is 1. The number of esters is 1. The van der Waals surface area contributed by atoms with Crippen LogP contribution in [0.1, 0.15) is 47.1 Å². The van der Waals surface area contributed by atoms with Crippen molar-refractivity contribution in [3.63, 3.8) is 0 Å². The zero-order chi connectivity index (χ0) is 22.8. The van der Waals surface area contributed by atoms with E-state index in [0.717, 1.165) is 5.56 Å². The second-order valence-electron chi connectivity index (χ2n) is 7.86. The van der Waals surface area contributed by atoms with E-state index in [1.807, 2.05) is 25.1 Å². The summed E-state index contributed by atoms with van der Waals surface area (Å²) in [6.07, 6.45) is 1.15. The number of anilines is 1. The highest BCUT2D eigenvalue weighted by Gasteiger charge is 2.38. The van der Waals surface area contributed by atoms with Crippen molar-refractivity contribution in [3.05, 3.63) is 46.8 Å². The minimum atomic E-state index is -3.99. The normalized spacial score (nSPS) is 17.4. The van der Waals surface area contributed by atoms with Gasteiger partial charge in [-0.1, -0.05) is 12.1 Å². The molecule has 31 heavy (non-hydrogen) atoms. The highest BCUT2D eigenvalue weighted by molar-refractivity contribution is 7.89. The fourth-order valence-corrected chi connectivity index (χ4v) is 5.94. The lowest BCUT2D eigenvalue weighted by Gasteiger charge is -2.31. The van der Waals surface area contributed by atoms with Gasteiger partial charge in [-0.2, -0.15) is 4.31 Å². The first-order valence-electron chi connectivity index (χ1n) is 10.4. The number of ether oxygens (including phenoxy) is 1. The van der Waals surface area contributed by atoms with Crippen molar-refractivity contribution in [2.24, 2.45) is 5.92 Å². The number of rotatable bonds is 6. The Hall–Kier alpha value is -2.65. The van der Waals surface area contributed by atoms with Gasteiger partial charge in [0.2, 0.25) is 15.9 Å². The number of sulfonamides is 1. The molecule has 0 spiro atoms. The molecule has 1 aromatic heterocycles. The van der Waals surface area contributed by atoms with E-state index in [0.29, 0.717) is 36.5 Å². The smallest absolute Gasteiger partial charge is 0.341 e. The third kappa shape index (κ3) is 4.83. The number of aryl methyl sites for hydroxylation is 3. The van der Waals surface area contributed by atoms with E-state index in [4.69, 9.17) is 4.74 Å². The molecule has 0 radical (unpaired) electrons. The molecule has 1 aliphatic rings. The predicted molar refractivity (Wildman–Crippen MR) is 118 cm³/mol. The summed E-state index contributed by atoms with van der Waals surface area (Å²) in [5.41, 5.74) is 2.57. The van der Waals surface area contributed by atoms with Gasteiger partial charge in [-0.05, 0) is 58.2 Å². The lowest BCUT2D eigenvalue weighted by atomic mass is 9.98. The van der Waals surface area contributed by atoms with Crippen molar-refractivity contribution in [2.45, 2.75) is 45.4 Å². The lowest BCUT2D eigenvalue weighted by Crippen LogP contribution is -2.44. The third-order valence-corrected chi connectivity index (χ3v) is 7.47. The molecule has 3 rings (SSSR count). The van der Waals surface area contributed by atoms with Crippen LogP contribution in [0.3, 0.4) is 0 Å². The molecule has 2 heterocycles. The standard InChI is InChI=1S/C22H29N3O5S/c1-5-30-22(27)19-15(3)23-16(4)20(19)31(28,29)25-11-7-9-17(13-25)21(26)24-18-10-6-8-14(2)12-18/h6,8,10,12,17,23H,5,7,9,11,13H2,1-4H3,(H,24,26)/t17-/m1/s1. The maximum absolute atomic E-state index is 13.5. The molecule has 1 aromatic carbocycles. The SMILES string of the molecule is CCOC(=O)c1c(C)[nH]c(C)c1S(=O)(=O)N1CCC[C@@H](C(=O)Nc2cccc(C)c2)C1. The summed E-state index contributed by atoms with van der Waals surface area (Å²) in [4.78, 5) is 28.1. The summed E-state index contributed by atoms with van der Waals surface area (Å²) in [7, 11) is -3.99. The molecular weight excluding hydrogens is 418 g/mol. The van der Waals surface area contributed by atoms with Crippen LogP contribution in [0.4, 0.5) is 5.69 Å². The van der Waals surface area contributed by atoms with Crippen LogP contribution in [-0.4, -0.2) is 49.3 Å². The summed E-state index contributed by atoms with van der Waals surface area (Å²) in [6, 6.07) is 7.47. The van der Waals surface area contributed by atoms with Crippen LogP contribution in [0.25, 0.3) is 0 Å². The molecule has 9 heteroatoms. The number of H-pyrrole nitrogens is 1. The second-order valence-corrected chi connectivity index (χ2v) is 9.74. The van der Waals surface area contributed by atoms with Gasteiger partial charge in [0, 0.05) is 30.2 Å². The molecule has 2 N–H and O–H groups in total. The van der Waals surface area contributed by atoms with Crippen LogP contribution in [0.5, 0.6) is 0 Å². The van der Waals surface area contributed by atoms with Crippen LogP contribution in [0, 0.1) is 26.7 Å². The summed E-state index contributed by atoms with van der Waals surface area (Å²) in [5, 5.41) is 2.89. The Labute approximate surface area is 183 Å². The van der Waals surface area contributed by atoms with E-state index in [1.54, 1.807) is 26.8 Å². The maximum atomic E-state index is 13.5. The largest absolute Gasteiger partial charge is 0.462 e. The maximum Gasteiger partial charge on any atom is 0.341 e. The van der Waals surface area contributed by atoms with Gasteiger partial charge in [0.05, 0.1) is 12.5 Å². The zero-order valence-corrected chi connectivity index (χ0v) is 19.1. The number of nitrogens with one attached hydrogen (secondary N) is 2. The number of piperidine rings is 1. The first-order chi connectivity index (χ1) is 14.6. The molecule has 0 bridgehead atoms. The van der Waals surface area contributed by atoms with Crippen LogP contribution in [0.15, 0.2) is 29.2 Å². The Morgan fingerprint density at radius 3 is 2.65 bits per heavy atom. The van der Waals surface area contributed by atoms with E-state index in [1.165, 1.54) is 4.31 Å². The Bertz CT molecular complexity index is 1090. The van der Waals surface area contributed by atoms with Gasteiger partial charge in [0.1, 0.15) is 10.5 Å². The van der Waals surface area contributed by atoms with E-state index in [2.05, 4.69) is 10.3 Å². The number of nitrogens with zero attached hydrogens (tertiary/aromatic N) is 1. The quantitative estimate of drug-likeness (QED) is 0.661. The van der Waals surface area contributed by atoms with E-state index in [9.17, 15) is 18.0 Å². The Kier molecular flexibility index (Phi) is 6.86. The molecule has 2 aromatic rings. The van der Waals surface area contributed by atoms with E-state index in [-0.39, 0.29) is 29.5 Å². The monoisotopic (exact) mass is 447 g/mol. The fourth-order valence-electron chi connectivity index (χ4n) is 4.00. The highest BCUT2D eigenvalue weighted by Crippen LogP contribution is 2.31. The van der Waals surface area contributed by atoms with Crippen molar-refractivity contribution >= 4 is 27.6 Å². The van der Waals surface area contributed by atoms with Crippen molar-refractivity contribution in [1.29, 1.82) is 0 Å². The van der Waals surface area contributed by atoms with Gasteiger partial charge in [-0.15, -0.1) is 0 Å². The summed E-state index contributed by atoms with van der Waals surface area (Å²) in [6.45, 7) is 7.37. The third-order valence-electron chi connectivity index (χ3n) is 5.44. The fraction of sp³-hybridized carbons (Fsp3) is 0.455. The second kappa shape index (κ2) is 9.23. The molecule has 1 saturated heterocycles. The molecule has 1 atom stereocenters. The number of aromatic amines is 1. The zero-order valence-electron chi connectivity index (χ0n) is 18.3. The molecule has 0 aliphatic carbocycles. The van der Waals surface area contributed by atoms with Crippen LogP contribution in [-0.2, 0) is 19.6 Å². The number of benzene rings is 1. The van der Waals surface area contributed by atoms with Gasteiger partial charge >= 0.3 is 5.97 Å². The van der Waals surface area contributed by atoms with Gasteiger partial charge in [0.15, 0.2) is 0 Å². The number of hydrogen-bond acceptors (Lipinski definition) is 5. The lowest BCUT2D eigenvalue weighted by molar-refractivity contribution is -0.120. The predicted octanol–water partition coefficient (Wildman–Crippen LogP) is 3.16. The van der Waals surface area contributed by atoms with Gasteiger partial charge < -0.3 is 15.0 Å².